The third-order valence-corrected chi connectivity index (χ3v) is 4.91. The normalized spacial score (nSPS) is 17.6. The van der Waals surface area contributed by atoms with E-state index in [2.05, 4.69) is 4.98 Å². The van der Waals surface area contributed by atoms with Crippen molar-refractivity contribution < 1.29 is 18.3 Å². The molecule has 3 aromatic rings. The number of rotatable bonds is 3. The van der Waals surface area contributed by atoms with Gasteiger partial charge < -0.3 is 14.1 Å². The summed E-state index contributed by atoms with van der Waals surface area (Å²) in [5, 5.41) is 2.42. The molecule has 128 valence electrons. The minimum Gasteiger partial charge on any atom is -0.462 e. The summed E-state index contributed by atoms with van der Waals surface area (Å²) in [7, 11) is 0. The number of hydrogen-bond acceptors (Lipinski definition) is 5. The fraction of sp³-hybridized carbons (Fsp3) is 0.222. The molecule has 0 radical (unpaired) electrons. The second-order valence-corrected chi connectivity index (χ2v) is 6.54. The van der Waals surface area contributed by atoms with Gasteiger partial charge in [0.05, 0.1) is 19.4 Å². The van der Waals surface area contributed by atoms with Crippen LogP contribution in [0.15, 0.2) is 52.5 Å². The fourth-order valence-corrected chi connectivity index (χ4v) is 3.52. The molecule has 5 nitrogen and oxygen atoms in total. The topological polar surface area (TPSA) is 55.6 Å². The molecule has 3 heterocycles. The Bertz CT molecular complexity index is 861. The molecule has 1 atom stereocenters. The Labute approximate surface area is 147 Å². The van der Waals surface area contributed by atoms with E-state index in [1.807, 2.05) is 6.07 Å². The van der Waals surface area contributed by atoms with Crippen molar-refractivity contribution in [2.45, 2.75) is 6.10 Å². The van der Waals surface area contributed by atoms with Gasteiger partial charge in [-0.25, -0.2) is 9.37 Å². The van der Waals surface area contributed by atoms with Crippen LogP contribution in [0.5, 0.6) is 0 Å². The third-order valence-electron chi connectivity index (χ3n) is 4.05. The fourth-order valence-electron chi connectivity index (χ4n) is 2.76. The van der Waals surface area contributed by atoms with Crippen molar-refractivity contribution in [1.82, 2.24) is 9.88 Å². The van der Waals surface area contributed by atoms with Crippen LogP contribution in [-0.4, -0.2) is 35.5 Å². The quantitative estimate of drug-likeness (QED) is 0.715. The lowest BCUT2D eigenvalue weighted by atomic mass is 10.1. The maximum Gasteiger partial charge on any atom is 0.273 e. The van der Waals surface area contributed by atoms with Gasteiger partial charge in [-0.05, 0) is 29.8 Å². The van der Waals surface area contributed by atoms with Crippen molar-refractivity contribution in [2.24, 2.45) is 0 Å². The van der Waals surface area contributed by atoms with E-state index in [1.54, 1.807) is 34.7 Å². The average Bonchev–Trinajstić information content (AvgIpc) is 3.33. The van der Waals surface area contributed by atoms with Crippen molar-refractivity contribution in [2.75, 3.05) is 19.7 Å². The molecule has 0 spiro atoms. The molecule has 4 rings (SSSR count). The number of halogens is 1. The van der Waals surface area contributed by atoms with E-state index in [0.29, 0.717) is 36.2 Å². The van der Waals surface area contributed by atoms with Gasteiger partial charge in [0.25, 0.3) is 5.91 Å². The zero-order valence-electron chi connectivity index (χ0n) is 13.2. The first kappa shape index (κ1) is 16.0. The van der Waals surface area contributed by atoms with Crippen LogP contribution in [0.25, 0.3) is 10.8 Å². The minimum atomic E-state index is -0.291. The average molecular weight is 358 g/mol. The number of aromatic nitrogens is 1. The number of furan rings is 1. The van der Waals surface area contributed by atoms with Gasteiger partial charge in [0.1, 0.15) is 17.6 Å². The van der Waals surface area contributed by atoms with E-state index < -0.39 is 0 Å². The Hall–Kier alpha value is -2.51. The van der Waals surface area contributed by atoms with Gasteiger partial charge in [0.15, 0.2) is 10.8 Å². The highest BCUT2D eigenvalue weighted by Gasteiger charge is 2.27. The van der Waals surface area contributed by atoms with Gasteiger partial charge in [-0.15, -0.1) is 11.3 Å². The van der Waals surface area contributed by atoms with E-state index in [4.69, 9.17) is 9.15 Å². The molecule has 0 saturated carbocycles. The molecule has 1 amide bonds. The Morgan fingerprint density at radius 3 is 2.88 bits per heavy atom. The summed E-state index contributed by atoms with van der Waals surface area (Å²) in [6.07, 6.45) is 1.31. The largest absolute Gasteiger partial charge is 0.462 e. The molecule has 1 aliphatic rings. The van der Waals surface area contributed by atoms with E-state index in [0.717, 1.165) is 5.56 Å². The van der Waals surface area contributed by atoms with E-state index in [-0.39, 0.29) is 17.8 Å². The van der Waals surface area contributed by atoms with E-state index in [9.17, 15) is 9.18 Å². The first-order valence-electron chi connectivity index (χ1n) is 7.86. The molecule has 1 aromatic carbocycles. The lowest BCUT2D eigenvalue weighted by Crippen LogP contribution is -2.42. The number of ether oxygens (including phenoxy) is 1. The minimum absolute atomic E-state index is 0.135. The van der Waals surface area contributed by atoms with Gasteiger partial charge in [-0.3, -0.25) is 4.79 Å². The number of hydrogen-bond donors (Lipinski definition) is 0. The number of nitrogens with zero attached hydrogens (tertiary/aromatic N) is 2. The molecule has 1 unspecified atom stereocenters. The van der Waals surface area contributed by atoms with Crippen molar-refractivity contribution in [3.05, 3.63) is 65.1 Å². The molecule has 1 fully saturated rings. The monoisotopic (exact) mass is 358 g/mol. The summed E-state index contributed by atoms with van der Waals surface area (Å²) in [5.74, 6) is 0.222. The molecular formula is C18H15FN2O3S. The molecule has 0 bridgehead atoms. The first-order valence-corrected chi connectivity index (χ1v) is 8.74. The molecule has 0 N–H and O–H groups in total. The number of carbonyl (C=O) groups excluding carboxylic acids is 1. The molecule has 0 aliphatic carbocycles. The molecule has 1 saturated heterocycles. The lowest BCUT2D eigenvalue weighted by Gasteiger charge is -2.32. The highest BCUT2D eigenvalue weighted by atomic mass is 32.1. The molecule has 7 heteroatoms. The Balaban J connectivity index is 1.49. The maximum absolute atomic E-state index is 13.1. The van der Waals surface area contributed by atoms with E-state index >= 15 is 0 Å². The van der Waals surface area contributed by atoms with Crippen LogP contribution in [0.1, 0.15) is 22.2 Å². The lowest BCUT2D eigenvalue weighted by molar-refractivity contribution is -0.0230. The van der Waals surface area contributed by atoms with Crippen molar-refractivity contribution in [3.8, 4) is 10.8 Å². The predicted molar refractivity (Wildman–Crippen MR) is 90.8 cm³/mol. The van der Waals surface area contributed by atoms with Crippen molar-refractivity contribution >= 4 is 17.2 Å². The zero-order valence-corrected chi connectivity index (χ0v) is 14.0. The van der Waals surface area contributed by atoms with Crippen LogP contribution < -0.4 is 0 Å². The van der Waals surface area contributed by atoms with Crippen LogP contribution in [0, 0.1) is 5.82 Å². The smallest absolute Gasteiger partial charge is 0.273 e. The summed E-state index contributed by atoms with van der Waals surface area (Å²) in [5.41, 5.74) is 1.25. The number of benzene rings is 1. The number of amides is 1. The first-order chi connectivity index (χ1) is 12.2. The summed E-state index contributed by atoms with van der Waals surface area (Å²) in [6.45, 7) is 1.35. The second kappa shape index (κ2) is 6.78. The molecule has 1 aliphatic heterocycles. The summed E-state index contributed by atoms with van der Waals surface area (Å²) in [6, 6.07) is 9.77. The molecular weight excluding hydrogens is 343 g/mol. The standard InChI is InChI=1S/C18H15FN2O3S/c19-13-5-3-12(4-6-13)16-10-21(7-9-24-16)18(22)14-11-25-17(20-14)15-2-1-8-23-15/h1-6,8,11,16H,7,9-10H2. The van der Waals surface area contributed by atoms with Crippen LogP contribution in [-0.2, 0) is 4.74 Å². The zero-order chi connectivity index (χ0) is 17.2. The summed E-state index contributed by atoms with van der Waals surface area (Å²) < 4.78 is 24.1. The highest BCUT2D eigenvalue weighted by molar-refractivity contribution is 7.13. The summed E-state index contributed by atoms with van der Waals surface area (Å²) in [4.78, 5) is 18.8. The summed E-state index contributed by atoms with van der Waals surface area (Å²) >= 11 is 1.37. The Morgan fingerprint density at radius 1 is 1.28 bits per heavy atom. The van der Waals surface area contributed by atoms with Crippen LogP contribution >= 0.6 is 11.3 Å². The number of thiazole rings is 1. The highest BCUT2D eigenvalue weighted by Crippen LogP contribution is 2.27. The third kappa shape index (κ3) is 3.33. The number of morpholine rings is 1. The maximum atomic E-state index is 13.1. The van der Waals surface area contributed by atoms with Crippen LogP contribution in [0.3, 0.4) is 0 Å². The SMILES string of the molecule is O=C(c1csc(-c2ccco2)n1)N1CCOC(c2ccc(F)cc2)C1. The Kier molecular flexibility index (Phi) is 4.33. The predicted octanol–water partition coefficient (Wildman–Crippen LogP) is 3.76. The molecule has 25 heavy (non-hydrogen) atoms. The van der Waals surface area contributed by atoms with E-state index in [1.165, 1.54) is 23.5 Å². The second-order valence-electron chi connectivity index (χ2n) is 5.68. The van der Waals surface area contributed by atoms with Crippen molar-refractivity contribution in [3.63, 3.8) is 0 Å². The Morgan fingerprint density at radius 2 is 2.12 bits per heavy atom. The van der Waals surface area contributed by atoms with Gasteiger partial charge in [-0.1, -0.05) is 12.1 Å². The van der Waals surface area contributed by atoms with Crippen LogP contribution in [0.4, 0.5) is 4.39 Å². The van der Waals surface area contributed by atoms with Gasteiger partial charge in [-0.2, -0.15) is 0 Å². The number of carbonyl (C=O) groups is 1. The van der Waals surface area contributed by atoms with Gasteiger partial charge >= 0.3 is 0 Å². The molecule has 2 aromatic heterocycles. The van der Waals surface area contributed by atoms with Crippen molar-refractivity contribution in [1.29, 1.82) is 0 Å². The van der Waals surface area contributed by atoms with Gasteiger partial charge in [0.2, 0.25) is 0 Å². The van der Waals surface area contributed by atoms with Crippen LogP contribution in [0.2, 0.25) is 0 Å². The van der Waals surface area contributed by atoms with Gasteiger partial charge in [0, 0.05) is 11.9 Å².